The quantitative estimate of drug-likeness (QED) is 0.371. The number of aromatic amines is 2. The highest BCUT2D eigenvalue weighted by atomic mass is 32.2. The number of imidazole rings is 1. The van der Waals surface area contributed by atoms with E-state index >= 15 is 0 Å². The third kappa shape index (κ3) is 3.43. The van der Waals surface area contributed by atoms with Crippen LogP contribution >= 0.6 is 0 Å². The molecule has 152 valence electrons. The number of nitrogens with one attached hydrogen (secondary N) is 3. The first-order valence-corrected chi connectivity index (χ1v) is 10.8. The molecular formula is C19H13N9O2S. The van der Waals surface area contributed by atoms with Crippen molar-refractivity contribution in [1.29, 1.82) is 0 Å². The van der Waals surface area contributed by atoms with Gasteiger partial charge < -0.3 is 4.98 Å². The Balaban J connectivity index is 1.62. The Hall–Kier alpha value is -4.37. The van der Waals surface area contributed by atoms with Gasteiger partial charge in [-0.25, -0.2) is 23.2 Å². The van der Waals surface area contributed by atoms with Gasteiger partial charge in [-0.3, -0.25) is 19.8 Å². The molecule has 0 saturated carbocycles. The minimum absolute atomic E-state index is 0.351. The number of hydrogen-bond acceptors (Lipinski definition) is 7. The van der Waals surface area contributed by atoms with Crippen molar-refractivity contribution in [2.75, 3.05) is 11.0 Å². The Morgan fingerprint density at radius 3 is 2.68 bits per heavy atom. The zero-order valence-corrected chi connectivity index (χ0v) is 16.8. The van der Waals surface area contributed by atoms with Crippen LogP contribution < -0.4 is 4.72 Å². The topological polar surface area (TPSA) is 147 Å². The second-order valence-corrected chi connectivity index (χ2v) is 8.53. The lowest BCUT2D eigenvalue weighted by Crippen LogP contribution is -2.09. The van der Waals surface area contributed by atoms with Gasteiger partial charge in [0, 0.05) is 35.9 Å². The average Bonchev–Trinajstić information content (AvgIpc) is 3.35. The first kappa shape index (κ1) is 18.6. The Morgan fingerprint density at radius 1 is 1.06 bits per heavy atom. The second-order valence-electron chi connectivity index (χ2n) is 6.78. The average molecular weight is 431 g/mol. The van der Waals surface area contributed by atoms with Gasteiger partial charge in [0.15, 0.2) is 11.5 Å². The Labute approximate surface area is 175 Å². The van der Waals surface area contributed by atoms with Crippen LogP contribution in [0.5, 0.6) is 0 Å². The van der Waals surface area contributed by atoms with Crippen LogP contribution in [0.4, 0.5) is 11.4 Å². The zero-order chi connectivity index (χ0) is 21.6. The van der Waals surface area contributed by atoms with E-state index in [1.54, 1.807) is 24.7 Å². The fraction of sp³-hybridized carbons (Fsp3) is 0.0526. The molecule has 5 aromatic rings. The third-order valence-electron chi connectivity index (χ3n) is 4.52. The Kier molecular flexibility index (Phi) is 4.12. The number of pyridine rings is 3. The lowest BCUT2D eigenvalue weighted by molar-refractivity contribution is 0.607. The van der Waals surface area contributed by atoms with E-state index in [4.69, 9.17) is 6.57 Å². The highest BCUT2D eigenvalue weighted by Gasteiger charge is 2.16. The molecule has 0 atom stereocenters. The molecule has 5 rings (SSSR count). The normalized spacial score (nSPS) is 11.6. The molecule has 12 heteroatoms. The van der Waals surface area contributed by atoms with Crippen molar-refractivity contribution < 1.29 is 8.42 Å². The molecular weight excluding hydrogens is 418 g/mol. The van der Waals surface area contributed by atoms with Crippen molar-refractivity contribution in [3.05, 3.63) is 54.5 Å². The first-order valence-electron chi connectivity index (χ1n) is 8.90. The fourth-order valence-electron chi connectivity index (χ4n) is 3.22. The minimum atomic E-state index is -3.42. The van der Waals surface area contributed by atoms with Crippen LogP contribution in [0.2, 0.25) is 0 Å². The summed E-state index contributed by atoms with van der Waals surface area (Å²) in [5.41, 5.74) is 4.36. The summed E-state index contributed by atoms with van der Waals surface area (Å²) in [4.78, 5) is 23.7. The van der Waals surface area contributed by atoms with Crippen LogP contribution in [0, 0.1) is 6.57 Å². The van der Waals surface area contributed by atoms with Crippen molar-refractivity contribution >= 4 is 43.5 Å². The first-order chi connectivity index (χ1) is 14.9. The van der Waals surface area contributed by atoms with Gasteiger partial charge in [0.25, 0.3) is 0 Å². The Morgan fingerprint density at radius 2 is 1.87 bits per heavy atom. The molecule has 0 aliphatic rings. The molecule has 0 amide bonds. The molecule has 0 aliphatic carbocycles. The van der Waals surface area contributed by atoms with E-state index in [0.717, 1.165) is 11.8 Å². The summed E-state index contributed by atoms with van der Waals surface area (Å²) in [7, 11) is -3.42. The van der Waals surface area contributed by atoms with Gasteiger partial charge in [0.1, 0.15) is 5.69 Å². The summed E-state index contributed by atoms with van der Waals surface area (Å²) in [6.07, 6.45) is 8.83. The third-order valence-corrected chi connectivity index (χ3v) is 5.12. The van der Waals surface area contributed by atoms with Crippen LogP contribution in [-0.4, -0.2) is 49.8 Å². The van der Waals surface area contributed by atoms with Crippen molar-refractivity contribution in [3.63, 3.8) is 0 Å². The van der Waals surface area contributed by atoms with Gasteiger partial charge in [-0.2, -0.15) is 5.10 Å². The zero-order valence-electron chi connectivity index (χ0n) is 15.9. The van der Waals surface area contributed by atoms with Gasteiger partial charge in [-0.1, -0.05) is 0 Å². The van der Waals surface area contributed by atoms with Gasteiger partial charge in [-0.15, -0.1) is 0 Å². The highest BCUT2D eigenvalue weighted by Crippen LogP contribution is 2.31. The van der Waals surface area contributed by atoms with Crippen molar-refractivity contribution in [2.45, 2.75) is 0 Å². The maximum Gasteiger partial charge on any atom is 0.232 e. The predicted molar refractivity (Wildman–Crippen MR) is 115 cm³/mol. The van der Waals surface area contributed by atoms with E-state index in [9.17, 15) is 8.42 Å². The van der Waals surface area contributed by atoms with Gasteiger partial charge in [0.05, 0.1) is 41.1 Å². The number of nitrogens with zero attached hydrogens (tertiary/aromatic N) is 6. The summed E-state index contributed by atoms with van der Waals surface area (Å²) in [5.74, 6) is 0.500. The number of hydrogen-bond donors (Lipinski definition) is 3. The molecule has 0 unspecified atom stereocenters. The van der Waals surface area contributed by atoms with Crippen LogP contribution in [0.1, 0.15) is 0 Å². The van der Waals surface area contributed by atoms with E-state index < -0.39 is 10.0 Å². The lowest BCUT2D eigenvalue weighted by Gasteiger charge is -2.06. The summed E-state index contributed by atoms with van der Waals surface area (Å²) >= 11 is 0. The SMILES string of the molecule is [C-]#[N+]c1cncc2[nH]c(-c3[nH]nc4ncc(-c5cncc(NS(C)(=O)=O)c5)cc34)nc12. The molecule has 0 aliphatic heterocycles. The number of fused-ring (bicyclic) bond motifs is 2. The molecule has 0 bridgehead atoms. The van der Waals surface area contributed by atoms with E-state index in [1.807, 2.05) is 6.07 Å². The summed E-state index contributed by atoms with van der Waals surface area (Å²) in [6, 6.07) is 3.54. The molecule has 3 N–H and O–H groups in total. The van der Waals surface area contributed by atoms with Crippen LogP contribution in [0.3, 0.4) is 0 Å². The van der Waals surface area contributed by atoms with Crippen LogP contribution in [0.15, 0.2) is 43.1 Å². The summed E-state index contributed by atoms with van der Waals surface area (Å²) in [6.45, 7) is 7.29. The van der Waals surface area contributed by atoms with Crippen LogP contribution in [0.25, 0.3) is 49.6 Å². The predicted octanol–water partition coefficient (Wildman–Crippen LogP) is 2.88. The van der Waals surface area contributed by atoms with E-state index in [2.05, 4.69) is 44.7 Å². The highest BCUT2D eigenvalue weighted by molar-refractivity contribution is 7.92. The van der Waals surface area contributed by atoms with Gasteiger partial charge >= 0.3 is 0 Å². The molecule has 31 heavy (non-hydrogen) atoms. The van der Waals surface area contributed by atoms with Crippen LogP contribution in [-0.2, 0) is 10.0 Å². The van der Waals surface area contributed by atoms with E-state index in [0.29, 0.717) is 50.5 Å². The lowest BCUT2D eigenvalue weighted by atomic mass is 10.1. The standard InChI is InChI=1S/C19H13N9O2S/c1-20-14-8-22-9-15-17(14)25-19(24-15)16-13-4-11(6-23-18(13)27-26-16)10-3-12(7-21-5-10)28-31(2,29)30/h3-9,28H,2H3,(H,24,25)(H,23,26,27). The van der Waals surface area contributed by atoms with Crippen molar-refractivity contribution in [1.82, 2.24) is 35.1 Å². The monoisotopic (exact) mass is 431 g/mol. The molecule has 0 aromatic carbocycles. The number of rotatable bonds is 4. The number of aromatic nitrogens is 7. The Bertz CT molecular complexity index is 1610. The molecule has 5 heterocycles. The molecule has 0 fully saturated rings. The van der Waals surface area contributed by atoms with Crippen molar-refractivity contribution in [3.8, 4) is 22.6 Å². The minimum Gasteiger partial charge on any atom is -0.337 e. The smallest absolute Gasteiger partial charge is 0.232 e. The second kappa shape index (κ2) is 6.85. The van der Waals surface area contributed by atoms with Crippen molar-refractivity contribution in [2.24, 2.45) is 0 Å². The number of H-pyrrole nitrogens is 2. The van der Waals surface area contributed by atoms with Gasteiger partial charge in [0.2, 0.25) is 15.7 Å². The van der Waals surface area contributed by atoms with E-state index in [-0.39, 0.29) is 0 Å². The maximum atomic E-state index is 11.5. The maximum absolute atomic E-state index is 11.5. The van der Waals surface area contributed by atoms with Gasteiger partial charge in [-0.05, 0) is 12.1 Å². The molecule has 0 radical (unpaired) electrons. The molecule has 11 nitrogen and oxygen atoms in total. The summed E-state index contributed by atoms with van der Waals surface area (Å²) in [5, 5.41) is 7.87. The summed E-state index contributed by atoms with van der Waals surface area (Å²) < 4.78 is 25.4. The van der Waals surface area contributed by atoms with E-state index in [1.165, 1.54) is 12.4 Å². The molecule has 0 spiro atoms. The number of anilines is 1. The fourth-order valence-corrected chi connectivity index (χ4v) is 3.76. The number of sulfonamides is 1. The largest absolute Gasteiger partial charge is 0.337 e. The molecule has 5 aromatic heterocycles. The molecule has 0 saturated heterocycles.